The van der Waals surface area contributed by atoms with Gasteiger partial charge in [-0.05, 0) is 36.3 Å². The Morgan fingerprint density at radius 2 is 2.32 bits per heavy atom. The van der Waals surface area contributed by atoms with Crippen LogP contribution in [-0.4, -0.2) is 24.2 Å². The van der Waals surface area contributed by atoms with E-state index < -0.39 is 5.97 Å². The minimum Gasteiger partial charge on any atom is -0.478 e. The molecular formula is C15H16BrNO2. The highest BCUT2D eigenvalue weighted by atomic mass is 79.9. The average Bonchev–Trinajstić information content (AvgIpc) is 2.36. The number of hydrogen-bond donors (Lipinski definition) is 1. The Hall–Kier alpha value is -1.73. The van der Waals surface area contributed by atoms with Crippen LogP contribution in [0.3, 0.4) is 0 Å². The molecular weight excluding hydrogens is 306 g/mol. The lowest BCUT2D eigenvalue weighted by molar-refractivity contribution is -0.131. The number of hydrogen-bond acceptors (Lipinski definition) is 2. The molecule has 0 radical (unpaired) electrons. The van der Waals surface area contributed by atoms with Crippen LogP contribution in [-0.2, 0) is 4.79 Å². The summed E-state index contributed by atoms with van der Waals surface area (Å²) in [5.74, 6) is 1.66. The summed E-state index contributed by atoms with van der Waals surface area (Å²) in [7, 11) is 0. The summed E-state index contributed by atoms with van der Waals surface area (Å²) in [6, 6.07) is 5.75. The lowest BCUT2D eigenvalue weighted by Crippen LogP contribution is -2.25. The summed E-state index contributed by atoms with van der Waals surface area (Å²) in [6.45, 7) is 3.41. The highest BCUT2D eigenvalue weighted by Gasteiger charge is 2.09. The van der Waals surface area contributed by atoms with Gasteiger partial charge < -0.3 is 10.0 Å². The molecule has 0 fully saturated rings. The number of carbonyl (C=O) groups is 1. The van der Waals surface area contributed by atoms with Gasteiger partial charge in [0, 0.05) is 22.8 Å². The Balaban J connectivity index is 3.17. The number of carboxylic acid groups (broad SMARTS) is 1. The van der Waals surface area contributed by atoms with Crippen LogP contribution in [0.2, 0.25) is 0 Å². The molecule has 0 saturated heterocycles. The van der Waals surface area contributed by atoms with E-state index in [1.165, 1.54) is 0 Å². The molecule has 0 aliphatic rings. The van der Waals surface area contributed by atoms with Crippen LogP contribution in [0.1, 0.15) is 18.9 Å². The molecule has 0 aromatic heterocycles. The normalized spacial score (nSPS) is 10.4. The van der Waals surface area contributed by atoms with Gasteiger partial charge in [-0.1, -0.05) is 28.8 Å². The number of rotatable bonds is 6. The van der Waals surface area contributed by atoms with Crippen LogP contribution in [0.4, 0.5) is 5.69 Å². The largest absolute Gasteiger partial charge is 0.478 e. The van der Waals surface area contributed by atoms with Crippen LogP contribution in [0.15, 0.2) is 28.7 Å². The first-order valence-corrected chi connectivity index (χ1v) is 6.76. The van der Waals surface area contributed by atoms with E-state index >= 15 is 0 Å². The molecule has 0 saturated carbocycles. The summed E-state index contributed by atoms with van der Waals surface area (Å²) < 4.78 is 0.901. The van der Waals surface area contributed by atoms with Gasteiger partial charge in [-0.3, -0.25) is 0 Å². The van der Waals surface area contributed by atoms with Crippen LogP contribution < -0.4 is 4.90 Å². The number of aliphatic carboxylic acids is 1. The van der Waals surface area contributed by atoms with Crippen LogP contribution >= 0.6 is 15.9 Å². The van der Waals surface area contributed by atoms with Crippen molar-refractivity contribution in [3.63, 3.8) is 0 Å². The van der Waals surface area contributed by atoms with Gasteiger partial charge in [-0.25, -0.2) is 4.79 Å². The molecule has 1 aromatic carbocycles. The molecule has 0 aliphatic carbocycles. The second-order valence-electron chi connectivity index (χ2n) is 4.00. The minimum absolute atomic E-state index is 0.503. The van der Waals surface area contributed by atoms with Crippen molar-refractivity contribution in [2.45, 2.75) is 13.3 Å². The fourth-order valence-electron chi connectivity index (χ4n) is 1.77. The zero-order valence-electron chi connectivity index (χ0n) is 10.8. The van der Waals surface area contributed by atoms with Crippen molar-refractivity contribution in [1.29, 1.82) is 0 Å². The van der Waals surface area contributed by atoms with Crippen LogP contribution in [0.5, 0.6) is 0 Å². The van der Waals surface area contributed by atoms with E-state index in [1.807, 2.05) is 18.2 Å². The third-order valence-corrected chi connectivity index (χ3v) is 3.00. The lowest BCUT2D eigenvalue weighted by atomic mass is 10.1. The molecule has 0 heterocycles. The maximum Gasteiger partial charge on any atom is 0.328 e. The number of carboxylic acids is 1. The summed E-state index contributed by atoms with van der Waals surface area (Å²) in [5.41, 5.74) is 1.78. The van der Waals surface area contributed by atoms with E-state index in [0.717, 1.165) is 34.8 Å². The molecule has 1 N–H and O–H groups in total. The Morgan fingerprint density at radius 1 is 1.58 bits per heavy atom. The Bertz CT molecular complexity index is 517. The Morgan fingerprint density at radius 3 is 2.89 bits per heavy atom. The van der Waals surface area contributed by atoms with Gasteiger partial charge >= 0.3 is 5.97 Å². The molecule has 19 heavy (non-hydrogen) atoms. The number of nitrogens with zero attached hydrogens (tertiary/aromatic N) is 1. The summed E-state index contributed by atoms with van der Waals surface area (Å²) in [5, 5.41) is 8.74. The molecule has 1 aromatic rings. The summed E-state index contributed by atoms with van der Waals surface area (Å²) in [6.07, 6.45) is 9.07. The molecule has 3 nitrogen and oxygen atoms in total. The smallest absolute Gasteiger partial charge is 0.328 e. The second kappa shape index (κ2) is 7.65. The molecule has 0 aliphatic heterocycles. The molecule has 100 valence electrons. The van der Waals surface area contributed by atoms with Gasteiger partial charge in [-0.15, -0.1) is 6.42 Å². The molecule has 0 amide bonds. The molecule has 4 heteroatoms. The topological polar surface area (TPSA) is 40.5 Å². The fourth-order valence-corrected chi connectivity index (χ4v) is 2.15. The first-order valence-electron chi connectivity index (χ1n) is 5.97. The maximum atomic E-state index is 10.6. The quantitative estimate of drug-likeness (QED) is 0.645. The molecule has 1 rings (SSSR count). The van der Waals surface area contributed by atoms with E-state index in [2.05, 4.69) is 33.7 Å². The predicted octanol–water partition coefficient (Wildman–Crippen LogP) is 3.40. The van der Waals surface area contributed by atoms with Gasteiger partial charge in [0.2, 0.25) is 0 Å². The van der Waals surface area contributed by atoms with Crippen molar-refractivity contribution < 1.29 is 9.90 Å². The van der Waals surface area contributed by atoms with E-state index in [0.29, 0.717) is 6.54 Å². The second-order valence-corrected chi connectivity index (χ2v) is 4.92. The molecule has 0 spiro atoms. The van der Waals surface area contributed by atoms with Crippen molar-refractivity contribution in [2.24, 2.45) is 0 Å². The van der Waals surface area contributed by atoms with Crippen molar-refractivity contribution in [2.75, 3.05) is 18.0 Å². The van der Waals surface area contributed by atoms with Gasteiger partial charge in [0.15, 0.2) is 0 Å². The van der Waals surface area contributed by atoms with Crippen molar-refractivity contribution in [3.8, 4) is 12.3 Å². The number of benzene rings is 1. The van der Waals surface area contributed by atoms with Crippen molar-refractivity contribution in [1.82, 2.24) is 0 Å². The first-order chi connectivity index (χ1) is 9.08. The third kappa shape index (κ3) is 4.80. The number of halogens is 1. The highest BCUT2D eigenvalue weighted by molar-refractivity contribution is 9.10. The third-order valence-electron chi connectivity index (χ3n) is 2.51. The SMILES string of the molecule is C#CCN(CCC)c1ccc(Br)cc1/C=C/C(=O)O. The van der Waals surface area contributed by atoms with Gasteiger partial charge in [0.05, 0.1) is 6.54 Å². The zero-order valence-corrected chi connectivity index (χ0v) is 12.4. The molecule has 0 unspecified atom stereocenters. The van der Waals surface area contributed by atoms with Gasteiger partial charge in [0.1, 0.15) is 0 Å². The van der Waals surface area contributed by atoms with Crippen LogP contribution in [0.25, 0.3) is 6.08 Å². The van der Waals surface area contributed by atoms with Crippen LogP contribution in [0, 0.1) is 12.3 Å². The maximum absolute atomic E-state index is 10.6. The number of terminal acetylenes is 1. The van der Waals surface area contributed by atoms with E-state index in [-0.39, 0.29) is 0 Å². The highest BCUT2D eigenvalue weighted by Crippen LogP contribution is 2.26. The van der Waals surface area contributed by atoms with E-state index in [9.17, 15) is 4.79 Å². The predicted molar refractivity (Wildman–Crippen MR) is 82.1 cm³/mol. The molecule has 0 bridgehead atoms. The lowest BCUT2D eigenvalue weighted by Gasteiger charge is -2.24. The monoisotopic (exact) mass is 321 g/mol. The van der Waals surface area contributed by atoms with E-state index in [1.54, 1.807) is 6.08 Å². The van der Waals surface area contributed by atoms with Gasteiger partial charge in [-0.2, -0.15) is 0 Å². The minimum atomic E-state index is -0.968. The fraction of sp³-hybridized carbons (Fsp3) is 0.267. The van der Waals surface area contributed by atoms with Crippen molar-refractivity contribution >= 4 is 33.7 Å². The Labute approximate surface area is 122 Å². The zero-order chi connectivity index (χ0) is 14.3. The average molecular weight is 322 g/mol. The summed E-state index contributed by atoms with van der Waals surface area (Å²) in [4.78, 5) is 12.7. The molecule has 0 atom stereocenters. The van der Waals surface area contributed by atoms with Gasteiger partial charge in [0.25, 0.3) is 0 Å². The number of anilines is 1. The standard InChI is InChI=1S/C15H16BrNO2/c1-3-9-17(10-4-2)14-7-6-13(16)11-12(14)5-8-15(18)19/h1,5-8,11H,4,9-10H2,2H3,(H,18,19)/b8-5+. The summed E-state index contributed by atoms with van der Waals surface area (Å²) >= 11 is 3.39. The Kier molecular flexibility index (Phi) is 6.17. The van der Waals surface area contributed by atoms with Crippen molar-refractivity contribution in [3.05, 3.63) is 34.3 Å². The van der Waals surface area contributed by atoms with E-state index in [4.69, 9.17) is 11.5 Å². The first kappa shape index (κ1) is 15.3.